The zero-order valence-corrected chi connectivity index (χ0v) is 13.2. The first-order valence-corrected chi connectivity index (χ1v) is 8.28. The molecule has 0 unspecified atom stereocenters. The third kappa shape index (κ3) is 3.77. The molecule has 2 heterocycles. The van der Waals surface area contributed by atoms with Gasteiger partial charge in [0, 0.05) is 25.7 Å². The van der Waals surface area contributed by atoms with Gasteiger partial charge in [-0.2, -0.15) is 0 Å². The predicted octanol–water partition coefficient (Wildman–Crippen LogP) is 1.84. The Labute approximate surface area is 131 Å². The molecule has 1 aliphatic heterocycles. The van der Waals surface area contributed by atoms with Crippen LogP contribution in [0.3, 0.4) is 0 Å². The van der Waals surface area contributed by atoms with Crippen LogP contribution in [0.5, 0.6) is 5.75 Å². The minimum atomic E-state index is 0.0533. The van der Waals surface area contributed by atoms with E-state index in [1.807, 2.05) is 6.20 Å². The van der Waals surface area contributed by atoms with Crippen LogP contribution < -0.4 is 15.4 Å². The summed E-state index contributed by atoms with van der Waals surface area (Å²) >= 11 is 0. The minimum absolute atomic E-state index is 0.0533. The molecule has 22 heavy (non-hydrogen) atoms. The van der Waals surface area contributed by atoms with E-state index in [0.717, 1.165) is 31.9 Å². The molecular formula is C17H25N3O2. The van der Waals surface area contributed by atoms with Crippen LogP contribution in [0.2, 0.25) is 0 Å². The molecule has 5 heteroatoms. The first-order valence-electron chi connectivity index (χ1n) is 8.28. The number of aromatic nitrogens is 1. The molecule has 0 bridgehead atoms. The minimum Gasteiger partial charge on any atom is -0.490 e. The van der Waals surface area contributed by atoms with E-state index in [2.05, 4.69) is 21.7 Å². The summed E-state index contributed by atoms with van der Waals surface area (Å²) in [4.78, 5) is 15.3. The quantitative estimate of drug-likeness (QED) is 0.807. The molecule has 3 rings (SSSR count). The maximum Gasteiger partial charge on any atom is 0.216 e. The van der Waals surface area contributed by atoms with Crippen molar-refractivity contribution in [1.82, 2.24) is 15.6 Å². The standard InChI is InChI=1S/C17H25N3O2/c1-12(21)19-6-4-13-2-3-17(13)14-8-16(10-18-9-14)22-11-15-5-7-20-15/h8-10,13,15,17,20H,2-7,11H2,1H3,(H,19,21)/t13-,15+,17+/m1/s1. The maximum absolute atomic E-state index is 10.9. The largest absolute Gasteiger partial charge is 0.490 e. The number of rotatable bonds is 7. The third-order valence-corrected chi connectivity index (χ3v) is 4.85. The number of pyridine rings is 1. The van der Waals surface area contributed by atoms with Gasteiger partial charge in [-0.15, -0.1) is 0 Å². The van der Waals surface area contributed by atoms with Crippen LogP contribution in [-0.2, 0) is 4.79 Å². The summed E-state index contributed by atoms with van der Waals surface area (Å²) in [6.45, 7) is 4.17. The smallest absolute Gasteiger partial charge is 0.216 e. The Kier molecular flexibility index (Phi) is 4.93. The van der Waals surface area contributed by atoms with Gasteiger partial charge >= 0.3 is 0 Å². The molecule has 1 aliphatic carbocycles. The lowest BCUT2D eigenvalue weighted by molar-refractivity contribution is -0.119. The predicted molar refractivity (Wildman–Crippen MR) is 84.9 cm³/mol. The Morgan fingerprint density at radius 1 is 1.41 bits per heavy atom. The van der Waals surface area contributed by atoms with Gasteiger partial charge in [0.05, 0.1) is 6.20 Å². The highest BCUT2D eigenvalue weighted by Crippen LogP contribution is 2.44. The van der Waals surface area contributed by atoms with Crippen molar-refractivity contribution < 1.29 is 9.53 Å². The highest BCUT2D eigenvalue weighted by Gasteiger charge is 2.32. The molecule has 1 amide bonds. The molecule has 2 aliphatic rings. The van der Waals surface area contributed by atoms with Crippen LogP contribution in [-0.4, -0.2) is 36.6 Å². The first kappa shape index (κ1) is 15.3. The summed E-state index contributed by atoms with van der Waals surface area (Å²) in [5.74, 6) is 2.14. The molecule has 0 aromatic carbocycles. The van der Waals surface area contributed by atoms with E-state index in [0.29, 0.717) is 17.9 Å². The molecule has 2 fully saturated rings. The average molecular weight is 303 g/mol. The lowest BCUT2D eigenvalue weighted by atomic mass is 9.69. The number of hydrogen-bond donors (Lipinski definition) is 2. The van der Waals surface area contributed by atoms with Crippen molar-refractivity contribution in [2.24, 2.45) is 5.92 Å². The van der Waals surface area contributed by atoms with E-state index in [1.54, 1.807) is 13.1 Å². The lowest BCUT2D eigenvalue weighted by Crippen LogP contribution is -2.46. The van der Waals surface area contributed by atoms with E-state index in [1.165, 1.54) is 24.8 Å². The normalized spacial score (nSPS) is 26.7. The van der Waals surface area contributed by atoms with Crippen LogP contribution in [0.1, 0.15) is 44.1 Å². The van der Waals surface area contributed by atoms with Crippen molar-refractivity contribution in [3.63, 3.8) is 0 Å². The van der Waals surface area contributed by atoms with Gasteiger partial charge in [-0.1, -0.05) is 0 Å². The molecule has 1 aromatic rings. The molecule has 1 aromatic heterocycles. The monoisotopic (exact) mass is 303 g/mol. The number of ether oxygens (including phenoxy) is 1. The van der Waals surface area contributed by atoms with Crippen LogP contribution in [0.25, 0.3) is 0 Å². The van der Waals surface area contributed by atoms with Crippen molar-refractivity contribution in [3.05, 3.63) is 24.0 Å². The topological polar surface area (TPSA) is 63.2 Å². The fraction of sp³-hybridized carbons (Fsp3) is 0.647. The van der Waals surface area contributed by atoms with Crippen molar-refractivity contribution in [3.8, 4) is 5.75 Å². The number of hydrogen-bond acceptors (Lipinski definition) is 4. The van der Waals surface area contributed by atoms with Gasteiger partial charge in [0.1, 0.15) is 12.4 Å². The SMILES string of the molecule is CC(=O)NCC[C@H]1CC[C@@H]1c1cncc(OC[C@@H]2CCN2)c1. The van der Waals surface area contributed by atoms with E-state index >= 15 is 0 Å². The molecule has 2 N–H and O–H groups in total. The zero-order valence-electron chi connectivity index (χ0n) is 13.2. The Morgan fingerprint density at radius 3 is 2.91 bits per heavy atom. The highest BCUT2D eigenvalue weighted by molar-refractivity contribution is 5.72. The van der Waals surface area contributed by atoms with Crippen LogP contribution >= 0.6 is 0 Å². The molecule has 0 radical (unpaired) electrons. The summed E-state index contributed by atoms with van der Waals surface area (Å²) in [5.41, 5.74) is 1.28. The van der Waals surface area contributed by atoms with Crippen LogP contribution in [0.4, 0.5) is 0 Å². The summed E-state index contributed by atoms with van der Waals surface area (Å²) in [6.07, 6.45) is 8.44. The number of carbonyl (C=O) groups is 1. The lowest BCUT2D eigenvalue weighted by Gasteiger charge is -2.37. The molecule has 120 valence electrons. The van der Waals surface area contributed by atoms with Gasteiger partial charge in [-0.25, -0.2) is 0 Å². The van der Waals surface area contributed by atoms with Gasteiger partial charge in [-0.05, 0) is 55.7 Å². The van der Waals surface area contributed by atoms with Gasteiger partial charge in [-0.3, -0.25) is 9.78 Å². The molecule has 0 spiro atoms. The fourth-order valence-electron chi connectivity index (χ4n) is 3.19. The second-order valence-electron chi connectivity index (χ2n) is 6.42. The summed E-state index contributed by atoms with van der Waals surface area (Å²) in [5, 5.41) is 6.22. The third-order valence-electron chi connectivity index (χ3n) is 4.85. The van der Waals surface area contributed by atoms with E-state index in [-0.39, 0.29) is 5.91 Å². The fourth-order valence-corrected chi connectivity index (χ4v) is 3.19. The number of amides is 1. The van der Waals surface area contributed by atoms with Gasteiger partial charge in [0.2, 0.25) is 5.91 Å². The second kappa shape index (κ2) is 7.09. The van der Waals surface area contributed by atoms with Gasteiger partial charge < -0.3 is 15.4 Å². The zero-order chi connectivity index (χ0) is 15.4. The Balaban J connectivity index is 1.51. The average Bonchev–Trinajstić information content (AvgIpc) is 2.41. The highest BCUT2D eigenvalue weighted by atomic mass is 16.5. The summed E-state index contributed by atoms with van der Waals surface area (Å²) in [7, 11) is 0. The molecule has 1 saturated heterocycles. The molecule has 3 atom stereocenters. The van der Waals surface area contributed by atoms with Gasteiger partial charge in [0.15, 0.2) is 0 Å². The number of nitrogens with one attached hydrogen (secondary N) is 2. The van der Waals surface area contributed by atoms with Crippen molar-refractivity contribution in [2.45, 2.75) is 44.6 Å². The number of nitrogens with zero attached hydrogens (tertiary/aromatic N) is 1. The van der Waals surface area contributed by atoms with E-state index in [4.69, 9.17) is 4.74 Å². The maximum atomic E-state index is 10.9. The number of carbonyl (C=O) groups excluding carboxylic acids is 1. The summed E-state index contributed by atoms with van der Waals surface area (Å²) in [6, 6.07) is 2.64. The second-order valence-corrected chi connectivity index (χ2v) is 6.42. The van der Waals surface area contributed by atoms with Crippen molar-refractivity contribution >= 4 is 5.91 Å². The Hall–Kier alpha value is -1.62. The van der Waals surface area contributed by atoms with Crippen LogP contribution in [0.15, 0.2) is 18.5 Å². The van der Waals surface area contributed by atoms with Gasteiger partial charge in [0.25, 0.3) is 0 Å². The van der Waals surface area contributed by atoms with Crippen LogP contribution in [0, 0.1) is 5.92 Å². The summed E-state index contributed by atoms with van der Waals surface area (Å²) < 4.78 is 5.84. The van der Waals surface area contributed by atoms with E-state index in [9.17, 15) is 4.79 Å². The Bertz CT molecular complexity index is 516. The molecule has 5 nitrogen and oxygen atoms in total. The molecular weight excluding hydrogens is 278 g/mol. The van der Waals surface area contributed by atoms with Crippen molar-refractivity contribution in [1.29, 1.82) is 0 Å². The Morgan fingerprint density at radius 2 is 2.27 bits per heavy atom. The molecule has 1 saturated carbocycles. The van der Waals surface area contributed by atoms with E-state index < -0.39 is 0 Å². The first-order chi connectivity index (χ1) is 10.7. The van der Waals surface area contributed by atoms with Crippen molar-refractivity contribution in [2.75, 3.05) is 19.7 Å².